The fraction of sp³-hybridized carbons (Fsp3) is 0.562. The van der Waals surface area contributed by atoms with E-state index in [-0.39, 0.29) is 24.7 Å². The van der Waals surface area contributed by atoms with E-state index in [1.165, 1.54) is 0 Å². The first-order valence-corrected chi connectivity index (χ1v) is 7.06. The van der Waals surface area contributed by atoms with Gasteiger partial charge in [-0.3, -0.25) is 4.79 Å². The Labute approximate surface area is 120 Å². The van der Waals surface area contributed by atoms with Gasteiger partial charge < -0.3 is 14.7 Å². The third-order valence-corrected chi connectivity index (χ3v) is 3.85. The smallest absolute Gasteiger partial charge is 0.232 e. The molecule has 0 aliphatic carbocycles. The van der Waals surface area contributed by atoms with E-state index in [0.29, 0.717) is 13.1 Å². The first-order chi connectivity index (χ1) is 9.45. The van der Waals surface area contributed by atoms with Gasteiger partial charge in [0.1, 0.15) is 0 Å². The molecule has 1 N–H and O–H groups in total. The molecule has 1 aliphatic heterocycles. The molecule has 0 aromatic heterocycles. The van der Waals surface area contributed by atoms with Crippen molar-refractivity contribution in [3.63, 3.8) is 0 Å². The van der Waals surface area contributed by atoms with E-state index >= 15 is 0 Å². The third kappa shape index (κ3) is 3.02. The quantitative estimate of drug-likeness (QED) is 0.912. The predicted octanol–water partition coefficient (Wildman–Crippen LogP) is 1.57. The molecule has 1 aromatic rings. The molecule has 0 saturated carbocycles. The van der Waals surface area contributed by atoms with Crippen LogP contribution in [0.25, 0.3) is 0 Å². The first-order valence-electron chi connectivity index (χ1n) is 7.06. The van der Waals surface area contributed by atoms with E-state index < -0.39 is 5.41 Å². The van der Waals surface area contributed by atoms with Gasteiger partial charge in [0.05, 0.1) is 24.2 Å². The molecular formula is C16H23NO3. The molecule has 110 valence electrons. The number of hydrogen-bond donors (Lipinski definition) is 1. The van der Waals surface area contributed by atoms with E-state index in [1.807, 2.05) is 56.0 Å². The van der Waals surface area contributed by atoms with Crippen LogP contribution < -0.4 is 0 Å². The van der Waals surface area contributed by atoms with Gasteiger partial charge in [0.2, 0.25) is 5.91 Å². The maximum Gasteiger partial charge on any atom is 0.232 e. The number of benzene rings is 1. The topological polar surface area (TPSA) is 49.8 Å². The molecule has 2 atom stereocenters. The van der Waals surface area contributed by atoms with Gasteiger partial charge in [-0.25, -0.2) is 0 Å². The van der Waals surface area contributed by atoms with Crippen LogP contribution in [0.15, 0.2) is 30.3 Å². The van der Waals surface area contributed by atoms with Crippen LogP contribution in [0.2, 0.25) is 0 Å². The minimum atomic E-state index is -0.571. The van der Waals surface area contributed by atoms with Crippen molar-refractivity contribution in [1.82, 2.24) is 4.90 Å². The van der Waals surface area contributed by atoms with Gasteiger partial charge >= 0.3 is 0 Å². The number of ether oxygens (including phenoxy) is 1. The number of aliphatic hydroxyl groups is 1. The Morgan fingerprint density at radius 1 is 1.35 bits per heavy atom. The van der Waals surface area contributed by atoms with Crippen molar-refractivity contribution in [2.45, 2.75) is 38.4 Å². The van der Waals surface area contributed by atoms with Crippen molar-refractivity contribution >= 4 is 5.91 Å². The average Bonchev–Trinajstić information content (AvgIpc) is 2.46. The Balaban J connectivity index is 2.17. The highest BCUT2D eigenvalue weighted by Gasteiger charge is 2.37. The number of carbonyl (C=O) groups is 1. The molecule has 1 fully saturated rings. The molecular weight excluding hydrogens is 254 g/mol. The van der Waals surface area contributed by atoms with Crippen molar-refractivity contribution in [1.29, 1.82) is 0 Å². The summed E-state index contributed by atoms with van der Waals surface area (Å²) in [7, 11) is 0. The van der Waals surface area contributed by atoms with Crippen LogP contribution in [0.5, 0.6) is 0 Å². The van der Waals surface area contributed by atoms with Crippen LogP contribution in [-0.2, 0) is 14.9 Å². The average molecular weight is 277 g/mol. The Morgan fingerprint density at radius 2 is 2.00 bits per heavy atom. The van der Waals surface area contributed by atoms with Crippen molar-refractivity contribution < 1.29 is 14.6 Å². The van der Waals surface area contributed by atoms with Gasteiger partial charge in [-0.15, -0.1) is 0 Å². The maximum absolute atomic E-state index is 12.8. The molecule has 0 bridgehead atoms. The molecule has 1 aromatic carbocycles. The van der Waals surface area contributed by atoms with Gasteiger partial charge in [0.15, 0.2) is 0 Å². The second-order valence-corrected chi connectivity index (χ2v) is 5.95. The van der Waals surface area contributed by atoms with Crippen LogP contribution in [0.1, 0.15) is 26.3 Å². The molecule has 1 amide bonds. The monoisotopic (exact) mass is 277 g/mol. The third-order valence-electron chi connectivity index (χ3n) is 3.85. The number of carbonyl (C=O) groups excluding carboxylic acids is 1. The summed E-state index contributed by atoms with van der Waals surface area (Å²) >= 11 is 0. The van der Waals surface area contributed by atoms with Gasteiger partial charge in [0.25, 0.3) is 0 Å². The normalized spacial score (nSPS) is 23.7. The standard InChI is InChI=1S/C16H23NO3/c1-12-9-17(10-14(11-18)20-12)15(19)16(2,3)13-7-5-4-6-8-13/h4-8,12,14,18H,9-11H2,1-3H3. The van der Waals surface area contributed by atoms with Crippen molar-refractivity contribution in [3.8, 4) is 0 Å². The fourth-order valence-electron chi connectivity index (χ4n) is 2.69. The van der Waals surface area contributed by atoms with E-state index in [2.05, 4.69) is 0 Å². The number of nitrogens with zero attached hydrogens (tertiary/aromatic N) is 1. The summed E-state index contributed by atoms with van der Waals surface area (Å²) in [5.41, 5.74) is 0.433. The molecule has 0 radical (unpaired) electrons. The highest BCUT2D eigenvalue weighted by Crippen LogP contribution is 2.27. The number of amides is 1. The highest BCUT2D eigenvalue weighted by atomic mass is 16.5. The Morgan fingerprint density at radius 3 is 2.60 bits per heavy atom. The van der Waals surface area contributed by atoms with Crippen LogP contribution >= 0.6 is 0 Å². The Hall–Kier alpha value is -1.39. The van der Waals surface area contributed by atoms with Crippen LogP contribution in [-0.4, -0.2) is 47.8 Å². The van der Waals surface area contributed by atoms with E-state index in [1.54, 1.807) is 0 Å². The lowest BCUT2D eigenvalue weighted by Crippen LogP contribution is -2.54. The lowest BCUT2D eigenvalue weighted by Gasteiger charge is -2.40. The highest BCUT2D eigenvalue weighted by molar-refractivity contribution is 5.87. The van der Waals surface area contributed by atoms with Crippen molar-refractivity contribution in [3.05, 3.63) is 35.9 Å². The summed E-state index contributed by atoms with van der Waals surface area (Å²) in [6, 6.07) is 9.80. The minimum absolute atomic E-state index is 0.0450. The zero-order valence-electron chi connectivity index (χ0n) is 12.4. The summed E-state index contributed by atoms with van der Waals surface area (Å²) in [5, 5.41) is 9.27. The molecule has 2 unspecified atom stereocenters. The largest absolute Gasteiger partial charge is 0.394 e. The van der Waals surface area contributed by atoms with Crippen LogP contribution in [0.3, 0.4) is 0 Å². The van der Waals surface area contributed by atoms with Crippen molar-refractivity contribution in [2.75, 3.05) is 19.7 Å². The van der Waals surface area contributed by atoms with Gasteiger partial charge in [-0.2, -0.15) is 0 Å². The van der Waals surface area contributed by atoms with Crippen molar-refractivity contribution in [2.24, 2.45) is 0 Å². The van der Waals surface area contributed by atoms with E-state index in [4.69, 9.17) is 4.74 Å². The number of morpholine rings is 1. The lowest BCUT2D eigenvalue weighted by atomic mass is 9.83. The predicted molar refractivity (Wildman–Crippen MR) is 77.5 cm³/mol. The summed E-state index contributed by atoms with van der Waals surface area (Å²) < 4.78 is 5.59. The molecule has 2 rings (SSSR count). The summed E-state index contributed by atoms with van der Waals surface area (Å²) in [4.78, 5) is 14.6. The summed E-state index contributed by atoms with van der Waals surface area (Å²) in [6.07, 6.45) is -0.328. The fourth-order valence-corrected chi connectivity index (χ4v) is 2.69. The Kier molecular flexibility index (Phi) is 4.45. The number of hydrogen-bond acceptors (Lipinski definition) is 3. The second kappa shape index (κ2) is 5.94. The van der Waals surface area contributed by atoms with Gasteiger partial charge in [-0.1, -0.05) is 30.3 Å². The van der Waals surface area contributed by atoms with E-state index in [0.717, 1.165) is 5.56 Å². The molecule has 20 heavy (non-hydrogen) atoms. The molecule has 4 heteroatoms. The molecule has 4 nitrogen and oxygen atoms in total. The van der Waals surface area contributed by atoms with Crippen LogP contribution in [0.4, 0.5) is 0 Å². The molecule has 1 aliphatic rings. The summed E-state index contributed by atoms with van der Waals surface area (Å²) in [5.74, 6) is 0.0808. The molecule has 1 saturated heterocycles. The minimum Gasteiger partial charge on any atom is -0.394 e. The first kappa shape index (κ1) is 15.0. The molecule has 1 heterocycles. The second-order valence-electron chi connectivity index (χ2n) is 5.95. The SMILES string of the molecule is CC1CN(C(=O)C(C)(C)c2ccccc2)CC(CO)O1. The van der Waals surface area contributed by atoms with Gasteiger partial charge in [-0.05, 0) is 26.3 Å². The zero-order chi connectivity index (χ0) is 14.8. The zero-order valence-corrected chi connectivity index (χ0v) is 12.4. The number of aliphatic hydroxyl groups excluding tert-OH is 1. The van der Waals surface area contributed by atoms with Gasteiger partial charge in [0, 0.05) is 13.1 Å². The van der Waals surface area contributed by atoms with Crippen LogP contribution in [0, 0.1) is 0 Å². The maximum atomic E-state index is 12.8. The Bertz CT molecular complexity index is 458. The lowest BCUT2D eigenvalue weighted by molar-refractivity contribution is -0.151. The summed E-state index contributed by atoms with van der Waals surface area (Å²) in [6.45, 7) is 6.79. The van der Waals surface area contributed by atoms with E-state index in [9.17, 15) is 9.90 Å². The number of rotatable bonds is 3. The molecule has 0 spiro atoms.